The van der Waals surface area contributed by atoms with E-state index < -0.39 is 5.91 Å². The van der Waals surface area contributed by atoms with Crippen LogP contribution >= 0.6 is 34.8 Å². The zero-order chi connectivity index (χ0) is 18.6. The summed E-state index contributed by atoms with van der Waals surface area (Å²) in [5.41, 5.74) is 1.63. The van der Waals surface area contributed by atoms with Crippen molar-refractivity contribution in [3.8, 4) is 11.8 Å². The molecule has 0 saturated carbocycles. The van der Waals surface area contributed by atoms with E-state index in [0.29, 0.717) is 22.0 Å². The predicted molar refractivity (Wildman–Crippen MR) is 101 cm³/mol. The number of aryl methyl sites for hydroxylation is 1. The van der Waals surface area contributed by atoms with Crippen LogP contribution in [0.15, 0.2) is 35.9 Å². The Labute approximate surface area is 160 Å². The summed E-state index contributed by atoms with van der Waals surface area (Å²) in [6.45, 7) is 1.81. The quantitative estimate of drug-likeness (QED) is 0.548. The van der Waals surface area contributed by atoms with Crippen LogP contribution < -0.4 is 10.1 Å². The average molecular weight is 396 g/mol. The van der Waals surface area contributed by atoms with Gasteiger partial charge in [0.05, 0.1) is 27.9 Å². The molecule has 1 N–H and O–H groups in total. The molecule has 0 spiro atoms. The molecule has 0 aliphatic heterocycles. The van der Waals surface area contributed by atoms with E-state index in [2.05, 4.69) is 5.32 Å². The molecule has 0 fully saturated rings. The second-order valence-corrected chi connectivity index (χ2v) is 6.30. The Bertz CT molecular complexity index is 858. The Kier molecular flexibility index (Phi) is 6.33. The molecule has 0 aromatic heterocycles. The molecule has 0 radical (unpaired) electrons. The molecule has 0 bridgehead atoms. The van der Waals surface area contributed by atoms with E-state index in [0.717, 1.165) is 5.56 Å². The molecule has 1 amide bonds. The minimum Gasteiger partial charge on any atom is -0.494 e. The fraction of sp³-hybridized carbons (Fsp3) is 0.111. The third-order valence-electron chi connectivity index (χ3n) is 3.36. The smallest absolute Gasteiger partial charge is 0.266 e. The van der Waals surface area contributed by atoms with Crippen molar-refractivity contribution in [2.75, 3.05) is 12.4 Å². The van der Waals surface area contributed by atoms with Crippen molar-refractivity contribution >= 4 is 52.5 Å². The number of hydrogen-bond acceptors (Lipinski definition) is 3. The van der Waals surface area contributed by atoms with Gasteiger partial charge in [0.25, 0.3) is 5.91 Å². The molecular formula is C18H13Cl3N2O2. The number of para-hydroxylation sites is 1. The van der Waals surface area contributed by atoms with Crippen LogP contribution in [0.5, 0.6) is 5.75 Å². The largest absolute Gasteiger partial charge is 0.494 e. The Hall–Kier alpha value is -2.19. The van der Waals surface area contributed by atoms with E-state index in [1.54, 1.807) is 37.3 Å². The first-order chi connectivity index (χ1) is 11.9. The molecule has 0 heterocycles. The molecule has 4 nitrogen and oxygen atoms in total. The zero-order valence-electron chi connectivity index (χ0n) is 13.4. The van der Waals surface area contributed by atoms with Gasteiger partial charge in [-0.3, -0.25) is 4.79 Å². The van der Waals surface area contributed by atoms with Crippen LogP contribution in [0.3, 0.4) is 0 Å². The number of rotatable bonds is 4. The molecule has 0 aliphatic carbocycles. The van der Waals surface area contributed by atoms with Gasteiger partial charge in [-0.15, -0.1) is 0 Å². The van der Waals surface area contributed by atoms with Gasteiger partial charge in [0.2, 0.25) is 0 Å². The maximum atomic E-state index is 12.4. The van der Waals surface area contributed by atoms with Crippen LogP contribution in [-0.4, -0.2) is 13.0 Å². The lowest BCUT2D eigenvalue weighted by molar-refractivity contribution is -0.112. The summed E-state index contributed by atoms with van der Waals surface area (Å²) < 4.78 is 5.07. The highest BCUT2D eigenvalue weighted by Gasteiger charge is 2.14. The van der Waals surface area contributed by atoms with Crippen molar-refractivity contribution in [3.63, 3.8) is 0 Å². The highest BCUT2D eigenvalue weighted by molar-refractivity contribution is 6.37. The highest BCUT2D eigenvalue weighted by atomic mass is 35.5. The fourth-order valence-corrected chi connectivity index (χ4v) is 3.07. The van der Waals surface area contributed by atoms with Crippen molar-refractivity contribution in [2.45, 2.75) is 6.92 Å². The maximum absolute atomic E-state index is 12.4. The van der Waals surface area contributed by atoms with E-state index in [-0.39, 0.29) is 15.6 Å². The van der Waals surface area contributed by atoms with Gasteiger partial charge < -0.3 is 10.1 Å². The number of carbonyl (C=O) groups is 1. The maximum Gasteiger partial charge on any atom is 0.266 e. The van der Waals surface area contributed by atoms with Crippen LogP contribution in [0.25, 0.3) is 6.08 Å². The summed E-state index contributed by atoms with van der Waals surface area (Å²) in [5.74, 6) is -0.253. The number of halogens is 3. The molecule has 7 heteroatoms. The second-order valence-electron chi connectivity index (χ2n) is 5.07. The van der Waals surface area contributed by atoms with Crippen LogP contribution in [-0.2, 0) is 4.79 Å². The fourth-order valence-electron chi connectivity index (χ4n) is 2.14. The topological polar surface area (TPSA) is 62.1 Å². The zero-order valence-corrected chi connectivity index (χ0v) is 15.6. The SMILES string of the molecule is COc1c(Cl)cc(/C=C(\C#N)C(=O)Nc2c(C)cccc2Cl)cc1Cl. The van der Waals surface area contributed by atoms with E-state index >= 15 is 0 Å². The van der Waals surface area contributed by atoms with Crippen molar-refractivity contribution in [1.82, 2.24) is 0 Å². The molecule has 2 aromatic carbocycles. The van der Waals surface area contributed by atoms with Gasteiger partial charge in [-0.05, 0) is 42.3 Å². The van der Waals surface area contributed by atoms with Crippen molar-refractivity contribution in [3.05, 3.63) is 62.1 Å². The number of carbonyl (C=O) groups excluding carboxylic acids is 1. The Balaban J connectivity index is 2.35. The molecule has 0 aliphatic rings. The third kappa shape index (κ3) is 4.46. The summed E-state index contributed by atoms with van der Waals surface area (Å²) in [6, 6.07) is 10.2. The Morgan fingerprint density at radius 1 is 1.20 bits per heavy atom. The molecule has 25 heavy (non-hydrogen) atoms. The molecule has 0 atom stereocenters. The first-order valence-electron chi connectivity index (χ1n) is 7.08. The standard InChI is InChI=1S/C18H13Cl3N2O2/c1-10-4-3-5-13(19)16(10)23-18(24)12(9-22)6-11-7-14(20)17(25-2)15(21)8-11/h3-8H,1-2H3,(H,23,24)/b12-6+. The minimum atomic E-state index is -0.582. The molecule has 128 valence electrons. The molecule has 0 saturated heterocycles. The van der Waals surface area contributed by atoms with E-state index in [1.165, 1.54) is 13.2 Å². The summed E-state index contributed by atoms with van der Waals surface area (Å²) in [5, 5.41) is 12.9. The van der Waals surface area contributed by atoms with Gasteiger partial charge >= 0.3 is 0 Å². The molecule has 2 rings (SSSR count). The number of benzene rings is 2. The van der Waals surface area contributed by atoms with Crippen molar-refractivity contribution < 1.29 is 9.53 Å². The molecule has 2 aromatic rings. The third-order valence-corrected chi connectivity index (χ3v) is 4.24. The van der Waals surface area contributed by atoms with Gasteiger partial charge in [0.1, 0.15) is 11.6 Å². The average Bonchev–Trinajstić information content (AvgIpc) is 2.55. The number of methoxy groups -OCH3 is 1. The normalized spacial score (nSPS) is 11.0. The van der Waals surface area contributed by atoms with Crippen molar-refractivity contribution in [2.24, 2.45) is 0 Å². The van der Waals surface area contributed by atoms with Gasteiger partial charge in [0.15, 0.2) is 5.75 Å². The van der Waals surface area contributed by atoms with Crippen LogP contribution in [0.1, 0.15) is 11.1 Å². The van der Waals surface area contributed by atoms with Gasteiger partial charge in [-0.2, -0.15) is 5.26 Å². The van der Waals surface area contributed by atoms with E-state index in [1.807, 2.05) is 6.07 Å². The van der Waals surface area contributed by atoms with E-state index in [4.69, 9.17) is 39.5 Å². The lowest BCUT2D eigenvalue weighted by Gasteiger charge is -2.10. The summed E-state index contributed by atoms with van der Waals surface area (Å²) in [4.78, 5) is 12.4. The monoisotopic (exact) mass is 394 g/mol. The van der Waals surface area contributed by atoms with Gasteiger partial charge in [0, 0.05) is 0 Å². The lowest BCUT2D eigenvalue weighted by Crippen LogP contribution is -2.14. The molecular weight excluding hydrogens is 383 g/mol. The lowest BCUT2D eigenvalue weighted by atomic mass is 10.1. The summed E-state index contributed by atoms with van der Waals surface area (Å²) in [6.07, 6.45) is 1.39. The van der Waals surface area contributed by atoms with Crippen LogP contribution in [0.2, 0.25) is 15.1 Å². The Morgan fingerprint density at radius 2 is 1.84 bits per heavy atom. The number of amides is 1. The summed E-state index contributed by atoms with van der Waals surface area (Å²) in [7, 11) is 1.45. The first-order valence-corrected chi connectivity index (χ1v) is 8.22. The number of nitriles is 1. The van der Waals surface area contributed by atoms with Crippen molar-refractivity contribution in [1.29, 1.82) is 5.26 Å². The molecule has 0 unspecified atom stereocenters. The number of anilines is 1. The van der Waals surface area contributed by atoms with E-state index in [9.17, 15) is 10.1 Å². The van der Waals surface area contributed by atoms with Crippen LogP contribution in [0.4, 0.5) is 5.69 Å². The van der Waals surface area contributed by atoms with Crippen LogP contribution in [0, 0.1) is 18.3 Å². The minimum absolute atomic E-state index is 0.114. The number of ether oxygens (including phenoxy) is 1. The van der Waals surface area contributed by atoms with Gasteiger partial charge in [-0.1, -0.05) is 46.9 Å². The first kappa shape index (κ1) is 19.1. The second kappa shape index (κ2) is 8.26. The van der Waals surface area contributed by atoms with Gasteiger partial charge in [-0.25, -0.2) is 0 Å². The number of nitrogens with one attached hydrogen (secondary N) is 1. The number of nitrogens with zero attached hydrogens (tertiary/aromatic N) is 1. The Morgan fingerprint density at radius 3 is 2.36 bits per heavy atom. The predicted octanol–water partition coefficient (Wildman–Crippen LogP) is 5.51. The number of hydrogen-bond donors (Lipinski definition) is 1. The highest BCUT2D eigenvalue weighted by Crippen LogP contribution is 2.34. The summed E-state index contributed by atoms with van der Waals surface area (Å²) >= 11 is 18.2.